The molecule has 0 spiro atoms. The number of benzene rings is 2. The van der Waals surface area contributed by atoms with Crippen LogP contribution >= 0.6 is 0 Å². The first-order valence-corrected chi connectivity index (χ1v) is 9.97. The lowest BCUT2D eigenvalue weighted by Crippen LogP contribution is -2.40. The highest BCUT2D eigenvalue weighted by Crippen LogP contribution is 2.32. The maximum atomic E-state index is 5.77. The second-order valence-corrected chi connectivity index (χ2v) is 7.28. The minimum absolute atomic E-state index is 0.422. The van der Waals surface area contributed by atoms with Gasteiger partial charge in [-0.3, -0.25) is 4.99 Å². The monoisotopic (exact) mass is 389 g/mol. The van der Waals surface area contributed by atoms with Crippen LogP contribution in [-0.4, -0.2) is 47.9 Å². The third-order valence-corrected chi connectivity index (χ3v) is 5.24. The molecule has 0 amide bonds. The van der Waals surface area contributed by atoms with Crippen LogP contribution in [-0.2, 0) is 6.54 Å². The number of hydrogen-bond acceptors (Lipinski definition) is 3. The fraction of sp³-hybridized carbons (Fsp3) is 0.304. The number of aromatic nitrogens is 2. The highest BCUT2D eigenvalue weighted by molar-refractivity contribution is 5.79. The van der Waals surface area contributed by atoms with Gasteiger partial charge in [-0.15, -0.1) is 0 Å². The molecule has 0 aliphatic carbocycles. The highest BCUT2D eigenvalue weighted by atomic mass is 16.5. The summed E-state index contributed by atoms with van der Waals surface area (Å²) in [5, 5.41) is 8.02. The van der Waals surface area contributed by atoms with Crippen molar-refractivity contribution in [1.29, 1.82) is 0 Å². The molecular weight excluding hydrogens is 362 g/mol. The maximum absolute atomic E-state index is 5.77. The van der Waals surface area contributed by atoms with Gasteiger partial charge in [0.15, 0.2) is 5.96 Å². The summed E-state index contributed by atoms with van der Waals surface area (Å²) in [6.07, 6.45) is 4.98. The van der Waals surface area contributed by atoms with Gasteiger partial charge in [-0.1, -0.05) is 36.4 Å². The van der Waals surface area contributed by atoms with E-state index in [2.05, 4.69) is 38.6 Å². The van der Waals surface area contributed by atoms with Crippen molar-refractivity contribution in [2.75, 3.05) is 27.2 Å². The van der Waals surface area contributed by atoms with Crippen molar-refractivity contribution in [3.63, 3.8) is 0 Å². The van der Waals surface area contributed by atoms with Crippen molar-refractivity contribution in [1.82, 2.24) is 20.0 Å². The van der Waals surface area contributed by atoms with Crippen LogP contribution in [0.25, 0.3) is 5.69 Å². The van der Waals surface area contributed by atoms with Gasteiger partial charge in [0.05, 0.1) is 18.5 Å². The molecule has 1 N–H and O–H groups in total. The number of hydrogen-bond donors (Lipinski definition) is 1. The molecule has 6 heteroatoms. The van der Waals surface area contributed by atoms with Crippen molar-refractivity contribution in [3.05, 3.63) is 78.1 Å². The molecule has 1 atom stereocenters. The Morgan fingerprint density at radius 2 is 2.00 bits per heavy atom. The SMILES string of the molecule is CN=C(NCC1CCOc2ccccc21)N(C)Cc1cnn(-c2ccccc2)c1. The Kier molecular flexibility index (Phi) is 5.79. The van der Waals surface area contributed by atoms with Crippen molar-refractivity contribution >= 4 is 5.96 Å². The second kappa shape index (κ2) is 8.82. The molecule has 0 saturated carbocycles. The molecule has 29 heavy (non-hydrogen) atoms. The zero-order valence-corrected chi connectivity index (χ0v) is 17.0. The standard InChI is InChI=1S/C23H27N5O/c1-24-23(25-15-19-12-13-29-22-11-7-6-10-21(19)22)27(2)16-18-14-26-28(17-18)20-8-4-3-5-9-20/h3-11,14,17,19H,12-13,15-16H2,1-2H3,(H,24,25). The minimum Gasteiger partial charge on any atom is -0.493 e. The number of nitrogens with one attached hydrogen (secondary N) is 1. The van der Waals surface area contributed by atoms with Crippen molar-refractivity contribution in [3.8, 4) is 11.4 Å². The van der Waals surface area contributed by atoms with Crippen LogP contribution in [0.2, 0.25) is 0 Å². The molecule has 150 valence electrons. The van der Waals surface area contributed by atoms with Gasteiger partial charge in [-0.25, -0.2) is 4.68 Å². The average Bonchev–Trinajstić information content (AvgIpc) is 3.23. The average molecular weight is 390 g/mol. The van der Waals surface area contributed by atoms with Gasteiger partial charge in [0.1, 0.15) is 5.75 Å². The largest absolute Gasteiger partial charge is 0.493 e. The van der Waals surface area contributed by atoms with E-state index in [4.69, 9.17) is 4.74 Å². The van der Waals surface area contributed by atoms with Crippen LogP contribution in [0.4, 0.5) is 0 Å². The van der Waals surface area contributed by atoms with Gasteiger partial charge >= 0.3 is 0 Å². The Morgan fingerprint density at radius 3 is 2.83 bits per heavy atom. The summed E-state index contributed by atoms with van der Waals surface area (Å²) in [4.78, 5) is 6.59. The number of aliphatic imine (C=N–C) groups is 1. The topological polar surface area (TPSA) is 54.7 Å². The molecule has 6 nitrogen and oxygen atoms in total. The van der Waals surface area contributed by atoms with Gasteiger partial charge in [-0.05, 0) is 30.2 Å². The third-order valence-electron chi connectivity index (χ3n) is 5.24. The summed E-state index contributed by atoms with van der Waals surface area (Å²) >= 11 is 0. The first kappa shape index (κ1) is 19.1. The van der Waals surface area contributed by atoms with E-state index in [1.807, 2.05) is 67.4 Å². The Labute approximate surface area is 171 Å². The van der Waals surface area contributed by atoms with E-state index < -0.39 is 0 Å². The van der Waals surface area contributed by atoms with E-state index in [1.54, 1.807) is 0 Å². The van der Waals surface area contributed by atoms with Crippen molar-refractivity contribution < 1.29 is 4.74 Å². The number of guanidine groups is 1. The molecule has 1 aliphatic rings. The molecule has 4 rings (SSSR count). The van der Waals surface area contributed by atoms with E-state index in [0.717, 1.165) is 49.1 Å². The quantitative estimate of drug-likeness (QED) is 0.536. The zero-order valence-electron chi connectivity index (χ0n) is 17.0. The van der Waals surface area contributed by atoms with Crippen LogP contribution in [0.1, 0.15) is 23.5 Å². The van der Waals surface area contributed by atoms with E-state index in [1.165, 1.54) is 5.56 Å². The molecule has 0 bridgehead atoms. The summed E-state index contributed by atoms with van der Waals surface area (Å²) < 4.78 is 7.68. The van der Waals surface area contributed by atoms with Gasteiger partial charge in [0.25, 0.3) is 0 Å². The fourth-order valence-electron chi connectivity index (χ4n) is 3.74. The van der Waals surface area contributed by atoms with Crippen LogP contribution in [0, 0.1) is 0 Å². The normalized spacial score (nSPS) is 16.1. The summed E-state index contributed by atoms with van der Waals surface area (Å²) in [5.41, 5.74) is 3.46. The smallest absolute Gasteiger partial charge is 0.193 e. The summed E-state index contributed by atoms with van der Waals surface area (Å²) in [5.74, 6) is 2.30. The van der Waals surface area contributed by atoms with Gasteiger partial charge < -0.3 is 15.0 Å². The molecule has 3 aromatic rings. The lowest BCUT2D eigenvalue weighted by Gasteiger charge is -2.28. The van der Waals surface area contributed by atoms with Crippen LogP contribution in [0.5, 0.6) is 5.75 Å². The van der Waals surface area contributed by atoms with Gasteiger partial charge in [0, 0.05) is 44.9 Å². The number of fused-ring (bicyclic) bond motifs is 1. The van der Waals surface area contributed by atoms with Crippen LogP contribution < -0.4 is 10.1 Å². The Hall–Kier alpha value is -3.28. The molecule has 0 fully saturated rings. The van der Waals surface area contributed by atoms with Crippen LogP contribution in [0.3, 0.4) is 0 Å². The summed E-state index contributed by atoms with van der Waals surface area (Å²) in [7, 11) is 3.87. The van der Waals surface area contributed by atoms with E-state index >= 15 is 0 Å². The molecule has 2 aromatic carbocycles. The molecule has 2 heterocycles. The number of ether oxygens (including phenoxy) is 1. The van der Waals surface area contributed by atoms with Gasteiger partial charge in [0.2, 0.25) is 0 Å². The summed E-state index contributed by atoms with van der Waals surface area (Å²) in [6.45, 7) is 2.33. The zero-order chi connectivity index (χ0) is 20.1. The highest BCUT2D eigenvalue weighted by Gasteiger charge is 2.21. The van der Waals surface area contributed by atoms with E-state index in [-0.39, 0.29) is 0 Å². The molecule has 0 radical (unpaired) electrons. The molecular formula is C23H27N5O. The van der Waals surface area contributed by atoms with Gasteiger partial charge in [-0.2, -0.15) is 5.10 Å². The Balaban J connectivity index is 1.37. The van der Waals surface area contributed by atoms with E-state index in [0.29, 0.717) is 5.92 Å². The number of nitrogens with zero attached hydrogens (tertiary/aromatic N) is 4. The van der Waals surface area contributed by atoms with Crippen molar-refractivity contribution in [2.24, 2.45) is 4.99 Å². The summed E-state index contributed by atoms with van der Waals surface area (Å²) in [6, 6.07) is 18.4. The predicted octanol–water partition coefficient (Wildman–Crippen LogP) is 3.45. The lowest BCUT2D eigenvalue weighted by molar-refractivity contribution is 0.266. The molecule has 1 aliphatic heterocycles. The molecule has 1 unspecified atom stereocenters. The minimum atomic E-state index is 0.422. The first-order valence-electron chi connectivity index (χ1n) is 9.97. The van der Waals surface area contributed by atoms with Crippen LogP contribution in [0.15, 0.2) is 72.0 Å². The second-order valence-electron chi connectivity index (χ2n) is 7.28. The number of para-hydroxylation sites is 2. The van der Waals surface area contributed by atoms with Crippen molar-refractivity contribution in [2.45, 2.75) is 18.9 Å². The predicted molar refractivity (Wildman–Crippen MR) is 116 cm³/mol. The maximum Gasteiger partial charge on any atom is 0.193 e. The Bertz CT molecular complexity index is 966. The Morgan fingerprint density at radius 1 is 1.21 bits per heavy atom. The van der Waals surface area contributed by atoms with E-state index in [9.17, 15) is 0 Å². The molecule has 1 aromatic heterocycles. The number of rotatable bonds is 5. The lowest BCUT2D eigenvalue weighted by atomic mass is 9.93. The fourth-order valence-corrected chi connectivity index (χ4v) is 3.74. The third kappa shape index (κ3) is 4.42. The first-order chi connectivity index (χ1) is 14.2. The molecule has 0 saturated heterocycles.